The summed E-state index contributed by atoms with van der Waals surface area (Å²) in [4.78, 5) is 21.8. The molecule has 0 atom stereocenters. The van der Waals surface area contributed by atoms with Crippen LogP contribution in [-0.4, -0.2) is 25.7 Å². The van der Waals surface area contributed by atoms with Crippen LogP contribution in [0.15, 0.2) is 66.9 Å². The van der Waals surface area contributed by atoms with Crippen molar-refractivity contribution in [1.82, 2.24) is 19.7 Å². The van der Waals surface area contributed by atoms with Crippen molar-refractivity contribution in [2.75, 3.05) is 5.32 Å². The van der Waals surface area contributed by atoms with E-state index < -0.39 is 5.91 Å². The number of hydrogen-bond acceptors (Lipinski definition) is 6. The van der Waals surface area contributed by atoms with Crippen LogP contribution in [-0.2, 0) is 11.2 Å². The fourth-order valence-electron chi connectivity index (χ4n) is 2.93. The van der Waals surface area contributed by atoms with E-state index in [1.54, 1.807) is 41.5 Å². The van der Waals surface area contributed by atoms with Crippen LogP contribution in [0.2, 0.25) is 10.0 Å². The first-order valence-corrected chi connectivity index (χ1v) is 10.9. The highest BCUT2D eigenvalue weighted by Gasteiger charge is 2.14. The van der Waals surface area contributed by atoms with Crippen LogP contribution in [0.4, 0.5) is 5.13 Å². The fraction of sp³-hybridized carbons (Fsp3) is 0.0455. The smallest absolute Gasteiger partial charge is 0.268 e. The Bertz CT molecular complexity index is 1340. The Morgan fingerprint density at radius 2 is 2.09 bits per heavy atom. The first-order valence-electron chi connectivity index (χ1n) is 9.29. The fourth-order valence-corrected chi connectivity index (χ4v) is 4.14. The summed E-state index contributed by atoms with van der Waals surface area (Å²) in [7, 11) is 0. The molecule has 0 bridgehead atoms. The van der Waals surface area contributed by atoms with Crippen molar-refractivity contribution in [3.63, 3.8) is 0 Å². The molecule has 2 aromatic heterocycles. The summed E-state index contributed by atoms with van der Waals surface area (Å²) in [5, 5.41) is 17.9. The third-order valence-corrected chi connectivity index (χ3v) is 5.93. The monoisotopic (exact) mass is 480 g/mol. The molecule has 0 aliphatic rings. The highest BCUT2D eigenvalue weighted by atomic mass is 35.5. The van der Waals surface area contributed by atoms with E-state index in [1.165, 1.54) is 23.7 Å². The first kappa shape index (κ1) is 21.7. The predicted octanol–water partition coefficient (Wildman–Crippen LogP) is 5.17. The Morgan fingerprint density at radius 1 is 1.25 bits per heavy atom. The van der Waals surface area contributed by atoms with Crippen LogP contribution in [0, 0.1) is 11.3 Å². The maximum absolute atomic E-state index is 12.7. The van der Waals surface area contributed by atoms with Gasteiger partial charge in [0.2, 0.25) is 0 Å². The second-order valence-electron chi connectivity index (χ2n) is 6.57. The van der Waals surface area contributed by atoms with E-state index in [0.717, 1.165) is 10.4 Å². The van der Waals surface area contributed by atoms with E-state index in [4.69, 9.17) is 23.2 Å². The van der Waals surface area contributed by atoms with Crippen molar-refractivity contribution in [1.29, 1.82) is 5.26 Å². The summed E-state index contributed by atoms with van der Waals surface area (Å²) in [6.07, 6.45) is 6.65. The largest absolute Gasteiger partial charge is 0.297 e. The van der Waals surface area contributed by atoms with Gasteiger partial charge in [0.25, 0.3) is 5.91 Å². The normalized spacial score (nSPS) is 11.2. The van der Waals surface area contributed by atoms with Crippen LogP contribution in [0.25, 0.3) is 11.8 Å². The van der Waals surface area contributed by atoms with Gasteiger partial charge in [-0.05, 0) is 35.9 Å². The minimum absolute atomic E-state index is 0.0628. The second-order valence-corrected chi connectivity index (χ2v) is 8.53. The highest BCUT2D eigenvalue weighted by Crippen LogP contribution is 2.27. The number of thiazole rings is 1. The Kier molecular flexibility index (Phi) is 6.61. The van der Waals surface area contributed by atoms with Gasteiger partial charge < -0.3 is 0 Å². The average Bonchev–Trinajstić information content (AvgIpc) is 3.47. The number of carbonyl (C=O) groups excluding carboxylic acids is 1. The number of rotatable bonds is 6. The van der Waals surface area contributed by atoms with Crippen molar-refractivity contribution >= 4 is 51.7 Å². The molecule has 0 spiro atoms. The number of aromatic nitrogens is 4. The van der Waals surface area contributed by atoms with E-state index in [-0.39, 0.29) is 5.57 Å². The first-order chi connectivity index (χ1) is 15.5. The molecule has 32 heavy (non-hydrogen) atoms. The minimum atomic E-state index is -0.553. The molecule has 1 amide bonds. The Hall–Kier alpha value is -3.51. The van der Waals surface area contributed by atoms with Crippen molar-refractivity contribution < 1.29 is 4.79 Å². The van der Waals surface area contributed by atoms with Crippen molar-refractivity contribution in [3.05, 3.63) is 92.9 Å². The number of nitriles is 1. The molecule has 0 radical (unpaired) electrons. The molecule has 0 aliphatic heterocycles. The maximum atomic E-state index is 12.7. The number of nitrogens with zero attached hydrogens (tertiary/aromatic N) is 5. The molecule has 2 aromatic carbocycles. The molecule has 10 heteroatoms. The molecule has 0 aliphatic carbocycles. The summed E-state index contributed by atoms with van der Waals surface area (Å²) >= 11 is 13.6. The van der Waals surface area contributed by atoms with Crippen molar-refractivity contribution in [2.45, 2.75) is 6.42 Å². The Balaban J connectivity index is 1.52. The van der Waals surface area contributed by atoms with Gasteiger partial charge in [0.05, 0.1) is 5.69 Å². The van der Waals surface area contributed by atoms with Gasteiger partial charge in [0.1, 0.15) is 24.3 Å². The summed E-state index contributed by atoms with van der Waals surface area (Å²) in [6.45, 7) is 0. The molecule has 2 heterocycles. The van der Waals surface area contributed by atoms with Gasteiger partial charge in [-0.1, -0.05) is 41.4 Å². The van der Waals surface area contributed by atoms with Crippen LogP contribution in [0.1, 0.15) is 16.0 Å². The molecule has 4 aromatic rings. The van der Waals surface area contributed by atoms with Gasteiger partial charge in [-0.2, -0.15) is 10.4 Å². The number of para-hydroxylation sites is 1. The van der Waals surface area contributed by atoms with E-state index >= 15 is 0 Å². The zero-order chi connectivity index (χ0) is 22.5. The molecule has 0 saturated carbocycles. The Morgan fingerprint density at radius 3 is 2.88 bits per heavy atom. The van der Waals surface area contributed by atoms with Gasteiger partial charge in [-0.15, -0.1) is 11.3 Å². The number of anilines is 1. The number of hydrogen-bond donors (Lipinski definition) is 1. The number of nitrogens with one attached hydrogen (secondary N) is 1. The summed E-state index contributed by atoms with van der Waals surface area (Å²) in [5.74, 6) is -0.553. The summed E-state index contributed by atoms with van der Waals surface area (Å²) < 4.78 is 1.56. The lowest BCUT2D eigenvalue weighted by Crippen LogP contribution is -2.13. The lowest BCUT2D eigenvalue weighted by molar-refractivity contribution is -0.112. The van der Waals surface area contributed by atoms with E-state index in [9.17, 15) is 10.1 Å². The number of carbonyl (C=O) groups is 1. The summed E-state index contributed by atoms with van der Waals surface area (Å²) in [5.41, 5.74) is 2.15. The van der Waals surface area contributed by atoms with Crippen molar-refractivity contribution in [3.8, 4) is 11.8 Å². The number of benzene rings is 2. The van der Waals surface area contributed by atoms with E-state index in [2.05, 4.69) is 20.4 Å². The molecule has 0 saturated heterocycles. The standard InChI is InChI=1S/C22H14Cl2N6OS/c23-17-5-6-19(24)15(8-17)9-18-11-27-22(32-18)29-21(31)16(10-25)7-14-3-1-2-4-20(14)30-13-26-12-28-30/h1-8,11-13H,9H2,(H,27,29,31)/b16-7-. The quantitative estimate of drug-likeness (QED) is 0.303. The number of amides is 1. The molecule has 0 unspecified atom stereocenters. The molecular weight excluding hydrogens is 467 g/mol. The zero-order valence-electron chi connectivity index (χ0n) is 16.4. The van der Waals surface area contributed by atoms with E-state index in [0.29, 0.717) is 32.8 Å². The molecule has 7 nitrogen and oxygen atoms in total. The third kappa shape index (κ3) is 5.03. The molecule has 1 N–H and O–H groups in total. The van der Waals surface area contributed by atoms with Gasteiger partial charge in [0.15, 0.2) is 5.13 Å². The second kappa shape index (κ2) is 9.75. The van der Waals surface area contributed by atoms with Gasteiger partial charge in [-0.3, -0.25) is 10.1 Å². The molecule has 158 valence electrons. The van der Waals surface area contributed by atoms with Gasteiger partial charge in [-0.25, -0.2) is 14.6 Å². The molecule has 4 rings (SSSR count). The van der Waals surface area contributed by atoms with Crippen LogP contribution < -0.4 is 5.32 Å². The van der Waals surface area contributed by atoms with Gasteiger partial charge in [0, 0.05) is 33.1 Å². The van der Waals surface area contributed by atoms with Crippen LogP contribution >= 0.6 is 34.5 Å². The number of halogens is 2. The zero-order valence-corrected chi connectivity index (χ0v) is 18.7. The van der Waals surface area contributed by atoms with E-state index in [1.807, 2.05) is 24.3 Å². The average molecular weight is 481 g/mol. The topological polar surface area (TPSA) is 96.5 Å². The van der Waals surface area contributed by atoms with Gasteiger partial charge >= 0.3 is 0 Å². The SMILES string of the molecule is N#C/C(=C/c1ccccc1-n1cncn1)C(=O)Nc1ncc(Cc2cc(Cl)ccc2Cl)s1. The molecule has 0 fully saturated rings. The lowest BCUT2D eigenvalue weighted by Gasteiger charge is -2.06. The minimum Gasteiger partial charge on any atom is -0.297 e. The van der Waals surface area contributed by atoms with Crippen LogP contribution in [0.5, 0.6) is 0 Å². The third-order valence-electron chi connectivity index (χ3n) is 4.41. The van der Waals surface area contributed by atoms with Crippen molar-refractivity contribution in [2.24, 2.45) is 0 Å². The molecular formula is C22H14Cl2N6OS. The highest BCUT2D eigenvalue weighted by molar-refractivity contribution is 7.15. The maximum Gasteiger partial charge on any atom is 0.268 e. The lowest BCUT2D eigenvalue weighted by atomic mass is 10.1. The summed E-state index contributed by atoms with van der Waals surface area (Å²) in [6, 6.07) is 14.5. The Labute approximate surface area is 197 Å². The van der Waals surface area contributed by atoms with Crippen LogP contribution in [0.3, 0.4) is 0 Å². The predicted molar refractivity (Wildman–Crippen MR) is 125 cm³/mol.